The summed E-state index contributed by atoms with van der Waals surface area (Å²) >= 11 is 0. The van der Waals surface area contributed by atoms with Crippen molar-refractivity contribution < 1.29 is 14.6 Å². The fourth-order valence-electron chi connectivity index (χ4n) is 3.47. The summed E-state index contributed by atoms with van der Waals surface area (Å²) in [6.45, 7) is 9.42. The Bertz CT molecular complexity index is 338. The van der Waals surface area contributed by atoms with Crippen molar-refractivity contribution in [3.05, 3.63) is 0 Å². The highest BCUT2D eigenvalue weighted by Gasteiger charge is 2.43. The largest absolute Gasteiger partial charge is 0.394 e. The van der Waals surface area contributed by atoms with E-state index in [0.29, 0.717) is 19.6 Å². The Labute approximate surface area is 128 Å². The van der Waals surface area contributed by atoms with E-state index in [2.05, 4.69) is 13.8 Å². The maximum Gasteiger partial charge on any atom is 0.230 e. The van der Waals surface area contributed by atoms with Crippen LogP contribution < -0.4 is 5.73 Å². The molecule has 0 spiro atoms. The first-order chi connectivity index (χ1) is 9.84. The Kier molecular flexibility index (Phi) is 6.63. The molecule has 3 N–H and O–H groups in total. The summed E-state index contributed by atoms with van der Waals surface area (Å²) in [4.78, 5) is 14.9. The number of carbonyl (C=O) groups is 1. The highest BCUT2D eigenvalue weighted by Crippen LogP contribution is 2.33. The van der Waals surface area contributed by atoms with Gasteiger partial charge in [0.1, 0.15) is 0 Å². The Morgan fingerprint density at radius 3 is 2.38 bits per heavy atom. The predicted octanol–water partition coefficient (Wildman–Crippen LogP) is 1.53. The number of nitrogens with two attached hydrogens (primary N) is 1. The molecule has 5 nitrogen and oxygen atoms in total. The number of amides is 1. The quantitative estimate of drug-likeness (QED) is 0.747. The van der Waals surface area contributed by atoms with E-state index in [1.54, 1.807) is 0 Å². The third-order valence-corrected chi connectivity index (χ3v) is 4.27. The van der Waals surface area contributed by atoms with E-state index in [0.717, 1.165) is 25.7 Å². The van der Waals surface area contributed by atoms with Gasteiger partial charge in [-0.3, -0.25) is 4.79 Å². The van der Waals surface area contributed by atoms with Crippen LogP contribution in [0, 0.1) is 5.41 Å². The zero-order chi connectivity index (χ0) is 16.1. The average Bonchev–Trinajstić information content (AvgIpc) is 2.44. The molecule has 0 aliphatic carbocycles. The molecule has 1 atom stereocenters. The number of nitrogens with zero attached hydrogens (tertiary/aromatic N) is 1. The van der Waals surface area contributed by atoms with Crippen LogP contribution in [0.15, 0.2) is 0 Å². The summed E-state index contributed by atoms with van der Waals surface area (Å²) in [5.74, 6) is 0.128. The zero-order valence-electron chi connectivity index (χ0n) is 14.0. The fraction of sp³-hybridized carbons (Fsp3) is 0.938. The minimum atomic E-state index is -0.461. The molecule has 0 aromatic rings. The van der Waals surface area contributed by atoms with Gasteiger partial charge in [-0.1, -0.05) is 26.7 Å². The van der Waals surface area contributed by atoms with E-state index >= 15 is 0 Å². The zero-order valence-corrected chi connectivity index (χ0v) is 14.0. The summed E-state index contributed by atoms with van der Waals surface area (Å²) in [7, 11) is 0. The van der Waals surface area contributed by atoms with Crippen LogP contribution in [-0.4, -0.2) is 53.9 Å². The SMILES string of the molecule is CCCC(CN)(CCC)C(=O)N1CC(CO)OC(C)(C)C1. The Morgan fingerprint density at radius 2 is 1.95 bits per heavy atom. The first-order valence-corrected chi connectivity index (χ1v) is 8.12. The van der Waals surface area contributed by atoms with Crippen LogP contribution in [0.1, 0.15) is 53.4 Å². The van der Waals surface area contributed by atoms with Gasteiger partial charge < -0.3 is 20.5 Å². The molecule has 1 aliphatic heterocycles. The van der Waals surface area contributed by atoms with E-state index in [1.165, 1.54) is 0 Å². The smallest absolute Gasteiger partial charge is 0.230 e. The van der Waals surface area contributed by atoms with Crippen molar-refractivity contribution in [2.24, 2.45) is 11.1 Å². The topological polar surface area (TPSA) is 75.8 Å². The summed E-state index contributed by atoms with van der Waals surface area (Å²) in [6.07, 6.45) is 3.21. The number of rotatable bonds is 7. The van der Waals surface area contributed by atoms with Gasteiger partial charge in [0.2, 0.25) is 5.91 Å². The summed E-state index contributed by atoms with van der Waals surface area (Å²) in [5.41, 5.74) is 5.10. The van der Waals surface area contributed by atoms with Gasteiger partial charge in [-0.2, -0.15) is 0 Å². The number of aliphatic hydroxyl groups is 1. The standard InChI is InChI=1S/C16H32N2O3/c1-5-7-16(11-17,8-6-2)14(20)18-9-13(10-19)21-15(3,4)12-18/h13,19H,5-12,17H2,1-4H3. The first-order valence-electron chi connectivity index (χ1n) is 8.12. The van der Waals surface area contributed by atoms with Crippen molar-refractivity contribution in [2.45, 2.75) is 65.1 Å². The number of hydrogen-bond donors (Lipinski definition) is 2. The van der Waals surface area contributed by atoms with Gasteiger partial charge in [0, 0.05) is 19.6 Å². The molecule has 0 aromatic carbocycles. The highest BCUT2D eigenvalue weighted by atomic mass is 16.5. The monoisotopic (exact) mass is 300 g/mol. The third kappa shape index (κ3) is 4.41. The van der Waals surface area contributed by atoms with E-state index in [4.69, 9.17) is 10.5 Å². The van der Waals surface area contributed by atoms with Crippen molar-refractivity contribution in [3.63, 3.8) is 0 Å². The van der Waals surface area contributed by atoms with Crippen molar-refractivity contribution in [3.8, 4) is 0 Å². The number of hydrogen-bond acceptors (Lipinski definition) is 4. The second-order valence-corrected chi connectivity index (χ2v) is 6.85. The predicted molar refractivity (Wildman–Crippen MR) is 83.9 cm³/mol. The van der Waals surface area contributed by atoms with E-state index < -0.39 is 11.0 Å². The van der Waals surface area contributed by atoms with Gasteiger partial charge in [-0.15, -0.1) is 0 Å². The summed E-state index contributed by atoms with van der Waals surface area (Å²) < 4.78 is 5.79. The molecule has 21 heavy (non-hydrogen) atoms. The number of aliphatic hydroxyl groups excluding tert-OH is 1. The highest BCUT2D eigenvalue weighted by molar-refractivity contribution is 5.83. The fourth-order valence-corrected chi connectivity index (χ4v) is 3.47. The Hall–Kier alpha value is -0.650. The van der Waals surface area contributed by atoms with Crippen molar-refractivity contribution in [1.82, 2.24) is 4.90 Å². The number of morpholine rings is 1. The minimum Gasteiger partial charge on any atom is -0.394 e. The van der Waals surface area contributed by atoms with Crippen LogP contribution in [0.4, 0.5) is 0 Å². The second kappa shape index (κ2) is 7.56. The van der Waals surface area contributed by atoms with Gasteiger partial charge in [-0.25, -0.2) is 0 Å². The molecule has 0 aromatic heterocycles. The molecular formula is C16H32N2O3. The molecule has 1 amide bonds. The van der Waals surface area contributed by atoms with Crippen molar-refractivity contribution in [1.29, 1.82) is 0 Å². The van der Waals surface area contributed by atoms with Crippen molar-refractivity contribution >= 4 is 5.91 Å². The molecule has 1 aliphatic rings. The molecule has 0 radical (unpaired) electrons. The summed E-state index contributed by atoms with van der Waals surface area (Å²) in [6, 6.07) is 0. The van der Waals surface area contributed by atoms with Crippen LogP contribution in [0.5, 0.6) is 0 Å². The van der Waals surface area contributed by atoms with E-state index in [1.807, 2.05) is 18.7 Å². The lowest BCUT2D eigenvalue weighted by Gasteiger charge is -2.46. The minimum absolute atomic E-state index is 0.0651. The van der Waals surface area contributed by atoms with Crippen LogP contribution in [0.25, 0.3) is 0 Å². The maximum atomic E-state index is 13.1. The molecule has 0 bridgehead atoms. The first kappa shape index (κ1) is 18.4. The molecule has 1 rings (SSSR count). The van der Waals surface area contributed by atoms with E-state index in [-0.39, 0.29) is 18.6 Å². The van der Waals surface area contributed by atoms with Gasteiger partial charge in [0.15, 0.2) is 0 Å². The molecule has 5 heteroatoms. The molecule has 1 saturated heterocycles. The maximum absolute atomic E-state index is 13.1. The van der Waals surface area contributed by atoms with Crippen molar-refractivity contribution in [2.75, 3.05) is 26.2 Å². The summed E-state index contributed by atoms with van der Waals surface area (Å²) in [5, 5.41) is 9.40. The normalized spacial score (nSPS) is 22.4. The van der Waals surface area contributed by atoms with E-state index in [9.17, 15) is 9.90 Å². The number of ether oxygens (including phenoxy) is 1. The van der Waals surface area contributed by atoms with Gasteiger partial charge in [0.05, 0.1) is 23.7 Å². The number of carbonyl (C=O) groups excluding carboxylic acids is 1. The lowest BCUT2D eigenvalue weighted by molar-refractivity contribution is -0.174. The van der Waals surface area contributed by atoms with Gasteiger partial charge in [-0.05, 0) is 26.7 Å². The lowest BCUT2D eigenvalue weighted by atomic mass is 9.77. The van der Waals surface area contributed by atoms with Crippen LogP contribution in [0.3, 0.4) is 0 Å². The van der Waals surface area contributed by atoms with Gasteiger partial charge in [0.25, 0.3) is 0 Å². The molecule has 1 fully saturated rings. The van der Waals surface area contributed by atoms with Crippen LogP contribution >= 0.6 is 0 Å². The molecule has 0 saturated carbocycles. The second-order valence-electron chi connectivity index (χ2n) is 6.85. The van der Waals surface area contributed by atoms with Gasteiger partial charge >= 0.3 is 0 Å². The average molecular weight is 300 g/mol. The molecule has 1 unspecified atom stereocenters. The Balaban J connectivity index is 2.96. The third-order valence-electron chi connectivity index (χ3n) is 4.27. The van der Waals surface area contributed by atoms with Crippen LogP contribution in [-0.2, 0) is 9.53 Å². The lowest BCUT2D eigenvalue weighted by Crippen LogP contribution is -2.59. The molecule has 1 heterocycles. The Morgan fingerprint density at radius 1 is 1.38 bits per heavy atom. The molecular weight excluding hydrogens is 268 g/mol. The van der Waals surface area contributed by atoms with Crippen LogP contribution in [0.2, 0.25) is 0 Å². The molecule has 124 valence electrons.